The number of aromatic nitrogens is 2. The number of carbonyl (C=O) groups excluding carboxylic acids is 1. The van der Waals surface area contributed by atoms with Crippen molar-refractivity contribution < 1.29 is 9.32 Å². The van der Waals surface area contributed by atoms with Crippen LogP contribution in [0.15, 0.2) is 28.8 Å². The second-order valence-corrected chi connectivity index (χ2v) is 4.99. The maximum absolute atomic E-state index is 12.1. The van der Waals surface area contributed by atoms with Gasteiger partial charge in [-0.1, -0.05) is 22.8 Å². The molecule has 1 amide bonds. The minimum Gasteiger partial charge on any atom is -0.340 e. The Hall–Kier alpha value is -1.88. The average Bonchev–Trinajstić information content (AvgIpc) is 2.95. The number of halogens is 1. The van der Waals surface area contributed by atoms with Crippen molar-refractivity contribution >= 4 is 23.2 Å². The van der Waals surface area contributed by atoms with Gasteiger partial charge in [-0.2, -0.15) is 4.98 Å². The van der Waals surface area contributed by atoms with Crippen molar-refractivity contribution in [3.05, 3.63) is 41.0 Å². The lowest BCUT2D eigenvalue weighted by atomic mass is 10.1. The number of nitrogens with zero attached hydrogens (tertiary/aromatic N) is 3. The summed E-state index contributed by atoms with van der Waals surface area (Å²) in [7, 11) is 0. The molecule has 98 valence electrons. The summed E-state index contributed by atoms with van der Waals surface area (Å²) in [5, 5.41) is 4.50. The van der Waals surface area contributed by atoms with Crippen LogP contribution in [0, 0.1) is 6.92 Å². The number of amides is 1. The maximum atomic E-state index is 12.1. The van der Waals surface area contributed by atoms with Gasteiger partial charge in [-0.05, 0) is 18.2 Å². The Kier molecular flexibility index (Phi) is 2.98. The van der Waals surface area contributed by atoms with Gasteiger partial charge >= 0.3 is 0 Å². The Balaban J connectivity index is 1.84. The molecule has 2 heterocycles. The third-order valence-electron chi connectivity index (χ3n) is 3.15. The van der Waals surface area contributed by atoms with E-state index in [-0.39, 0.29) is 11.8 Å². The summed E-state index contributed by atoms with van der Waals surface area (Å²) in [6, 6.07) is 7.26. The van der Waals surface area contributed by atoms with Gasteiger partial charge in [-0.25, -0.2) is 0 Å². The summed E-state index contributed by atoms with van der Waals surface area (Å²) in [5.74, 6) is 1.14. The second-order valence-electron chi connectivity index (χ2n) is 4.56. The van der Waals surface area contributed by atoms with Crippen LogP contribution >= 0.6 is 11.6 Å². The van der Waals surface area contributed by atoms with E-state index in [1.54, 1.807) is 24.0 Å². The molecule has 1 aliphatic heterocycles. The molecule has 0 radical (unpaired) electrons. The summed E-state index contributed by atoms with van der Waals surface area (Å²) in [6.45, 7) is 2.29. The van der Waals surface area contributed by atoms with Crippen LogP contribution in [0.25, 0.3) is 0 Å². The van der Waals surface area contributed by atoms with Crippen molar-refractivity contribution in [2.24, 2.45) is 0 Å². The average molecular weight is 278 g/mol. The lowest BCUT2D eigenvalue weighted by Crippen LogP contribution is -2.24. The molecule has 0 bridgehead atoms. The lowest BCUT2D eigenvalue weighted by Gasteiger charge is -2.16. The molecule has 1 aromatic carbocycles. The molecule has 1 saturated heterocycles. The van der Waals surface area contributed by atoms with Crippen LogP contribution in [0.4, 0.5) is 5.69 Å². The minimum atomic E-state index is -0.0241. The first-order chi connectivity index (χ1) is 9.13. The highest BCUT2D eigenvalue weighted by Gasteiger charge is 2.34. The zero-order chi connectivity index (χ0) is 13.4. The molecule has 19 heavy (non-hydrogen) atoms. The molecule has 1 atom stereocenters. The molecule has 3 rings (SSSR count). The molecular weight excluding hydrogens is 266 g/mol. The zero-order valence-corrected chi connectivity index (χ0v) is 11.1. The molecule has 2 aromatic rings. The van der Waals surface area contributed by atoms with E-state index in [9.17, 15) is 4.79 Å². The van der Waals surface area contributed by atoms with Gasteiger partial charge in [0.2, 0.25) is 11.8 Å². The van der Waals surface area contributed by atoms with Crippen molar-refractivity contribution in [2.75, 3.05) is 11.4 Å². The van der Waals surface area contributed by atoms with Gasteiger partial charge in [0.25, 0.3) is 0 Å². The first-order valence-corrected chi connectivity index (χ1v) is 6.37. The van der Waals surface area contributed by atoms with Crippen LogP contribution in [0.3, 0.4) is 0 Å². The number of anilines is 1. The Morgan fingerprint density at radius 3 is 3.00 bits per heavy atom. The van der Waals surface area contributed by atoms with E-state index in [4.69, 9.17) is 16.1 Å². The Morgan fingerprint density at radius 1 is 1.47 bits per heavy atom. The lowest BCUT2D eigenvalue weighted by molar-refractivity contribution is -0.117. The van der Waals surface area contributed by atoms with E-state index in [1.165, 1.54) is 0 Å². The van der Waals surface area contributed by atoms with Crippen molar-refractivity contribution in [2.45, 2.75) is 19.3 Å². The van der Waals surface area contributed by atoms with Crippen molar-refractivity contribution in [3.63, 3.8) is 0 Å². The highest BCUT2D eigenvalue weighted by Crippen LogP contribution is 2.31. The molecule has 0 aliphatic carbocycles. The van der Waals surface area contributed by atoms with E-state index in [0.717, 1.165) is 5.69 Å². The largest absolute Gasteiger partial charge is 0.340 e. The third kappa shape index (κ3) is 2.33. The number of carbonyl (C=O) groups is 1. The second kappa shape index (κ2) is 4.66. The molecule has 0 saturated carbocycles. The highest BCUT2D eigenvalue weighted by atomic mass is 35.5. The summed E-state index contributed by atoms with van der Waals surface area (Å²) >= 11 is 5.95. The van der Waals surface area contributed by atoms with Crippen LogP contribution < -0.4 is 4.90 Å². The normalized spacial score (nSPS) is 19.2. The molecule has 1 aromatic heterocycles. The van der Waals surface area contributed by atoms with Gasteiger partial charge in [-0.15, -0.1) is 0 Å². The standard InChI is InChI=1S/C13H12ClN3O2/c1-8-15-13(16-19-8)9-5-12(18)17(7-9)11-4-2-3-10(14)6-11/h2-4,6,9H,5,7H2,1H3. The predicted molar refractivity (Wildman–Crippen MR) is 70.2 cm³/mol. The molecular formula is C13H12ClN3O2. The van der Waals surface area contributed by atoms with E-state index >= 15 is 0 Å². The topological polar surface area (TPSA) is 59.2 Å². The van der Waals surface area contributed by atoms with Gasteiger partial charge in [0.1, 0.15) is 0 Å². The number of rotatable bonds is 2. The fourth-order valence-electron chi connectivity index (χ4n) is 2.25. The number of hydrogen-bond donors (Lipinski definition) is 0. The van der Waals surface area contributed by atoms with Gasteiger partial charge in [0, 0.05) is 36.5 Å². The summed E-state index contributed by atoms with van der Waals surface area (Å²) in [4.78, 5) is 18.0. The molecule has 1 aliphatic rings. The SMILES string of the molecule is Cc1nc(C2CC(=O)N(c3cccc(Cl)c3)C2)no1. The Morgan fingerprint density at radius 2 is 2.32 bits per heavy atom. The fraction of sp³-hybridized carbons (Fsp3) is 0.308. The van der Waals surface area contributed by atoms with Gasteiger partial charge in [-0.3, -0.25) is 4.79 Å². The van der Waals surface area contributed by atoms with Crippen LogP contribution in [0.5, 0.6) is 0 Å². The van der Waals surface area contributed by atoms with Crippen molar-refractivity contribution in [1.82, 2.24) is 10.1 Å². The van der Waals surface area contributed by atoms with Gasteiger partial charge in [0.15, 0.2) is 5.82 Å². The first-order valence-electron chi connectivity index (χ1n) is 5.99. The van der Waals surface area contributed by atoms with E-state index in [2.05, 4.69) is 10.1 Å². The van der Waals surface area contributed by atoms with Crippen molar-refractivity contribution in [1.29, 1.82) is 0 Å². The monoisotopic (exact) mass is 277 g/mol. The van der Waals surface area contributed by atoms with Crippen molar-refractivity contribution in [3.8, 4) is 0 Å². The van der Waals surface area contributed by atoms with Crippen LogP contribution in [-0.4, -0.2) is 22.6 Å². The van der Waals surface area contributed by atoms with E-state index in [0.29, 0.717) is 29.7 Å². The quantitative estimate of drug-likeness (QED) is 0.846. The van der Waals surface area contributed by atoms with Crippen LogP contribution in [0.1, 0.15) is 24.1 Å². The van der Waals surface area contributed by atoms with E-state index in [1.807, 2.05) is 12.1 Å². The third-order valence-corrected chi connectivity index (χ3v) is 3.39. The molecule has 0 spiro atoms. The number of benzene rings is 1. The Bertz CT molecular complexity index is 626. The molecule has 0 N–H and O–H groups in total. The maximum Gasteiger partial charge on any atom is 0.227 e. The predicted octanol–water partition coefficient (Wildman–Crippen LogP) is 2.55. The molecule has 5 nitrogen and oxygen atoms in total. The zero-order valence-electron chi connectivity index (χ0n) is 10.3. The van der Waals surface area contributed by atoms with E-state index < -0.39 is 0 Å². The number of hydrogen-bond acceptors (Lipinski definition) is 4. The fourth-order valence-corrected chi connectivity index (χ4v) is 2.44. The highest BCUT2D eigenvalue weighted by molar-refractivity contribution is 6.30. The first kappa shape index (κ1) is 12.2. The van der Waals surface area contributed by atoms with Crippen LogP contribution in [-0.2, 0) is 4.79 Å². The summed E-state index contributed by atoms with van der Waals surface area (Å²) in [5.41, 5.74) is 0.806. The number of aryl methyl sites for hydroxylation is 1. The minimum absolute atomic E-state index is 0.0241. The molecule has 6 heteroatoms. The molecule has 1 unspecified atom stereocenters. The Labute approximate surface area is 115 Å². The summed E-state index contributed by atoms with van der Waals surface area (Å²) in [6.07, 6.45) is 0.394. The molecule has 1 fully saturated rings. The van der Waals surface area contributed by atoms with Gasteiger partial charge < -0.3 is 9.42 Å². The smallest absolute Gasteiger partial charge is 0.227 e. The van der Waals surface area contributed by atoms with Gasteiger partial charge in [0.05, 0.1) is 0 Å². The summed E-state index contributed by atoms with van der Waals surface area (Å²) < 4.78 is 4.96. The van der Waals surface area contributed by atoms with Crippen LogP contribution in [0.2, 0.25) is 5.02 Å².